The molecule has 0 aromatic heterocycles. The van der Waals surface area contributed by atoms with Crippen molar-refractivity contribution in [3.05, 3.63) is 29.3 Å². The van der Waals surface area contributed by atoms with E-state index in [1.54, 1.807) is 6.07 Å². The number of anilines is 1. The minimum absolute atomic E-state index is 0.0237. The van der Waals surface area contributed by atoms with Gasteiger partial charge in [-0.3, -0.25) is 0 Å². The number of hydrogen-bond acceptors (Lipinski definition) is 3. The van der Waals surface area contributed by atoms with Gasteiger partial charge in [-0.25, -0.2) is 0 Å². The quantitative estimate of drug-likeness (QED) is 0.919. The molecule has 3 nitrogen and oxygen atoms in total. The minimum Gasteiger partial charge on any atom is -0.382 e. The van der Waals surface area contributed by atoms with E-state index in [2.05, 4.69) is 5.32 Å². The number of alkyl halides is 3. The van der Waals surface area contributed by atoms with Crippen molar-refractivity contribution in [3.8, 4) is 0 Å². The maximum atomic E-state index is 12.8. The van der Waals surface area contributed by atoms with Crippen LogP contribution in [-0.4, -0.2) is 26.0 Å². The summed E-state index contributed by atoms with van der Waals surface area (Å²) in [5, 5.41) is 2.97. The average Bonchev–Trinajstić information content (AvgIpc) is 2.37. The number of rotatable bonds is 3. The Hall–Kier alpha value is -1.27. The van der Waals surface area contributed by atoms with Crippen LogP contribution in [0.25, 0.3) is 0 Å². The number of aryl methyl sites for hydroxylation is 1. The molecule has 1 atom stereocenters. The maximum Gasteiger partial charge on any atom is 0.416 e. The van der Waals surface area contributed by atoms with E-state index in [1.165, 1.54) is 13.0 Å². The van der Waals surface area contributed by atoms with Crippen LogP contribution in [0.5, 0.6) is 0 Å². The van der Waals surface area contributed by atoms with Gasteiger partial charge in [0.05, 0.1) is 18.3 Å². The summed E-state index contributed by atoms with van der Waals surface area (Å²) in [6.45, 7) is 2.79. The Morgan fingerprint density at radius 1 is 1.37 bits per heavy atom. The van der Waals surface area contributed by atoms with Crippen molar-refractivity contribution in [2.75, 3.05) is 25.3 Å². The van der Waals surface area contributed by atoms with Crippen molar-refractivity contribution >= 4 is 5.69 Å². The van der Waals surface area contributed by atoms with E-state index in [0.717, 1.165) is 12.5 Å². The lowest BCUT2D eigenvalue weighted by molar-refractivity contribution is -0.138. The third-order valence-corrected chi connectivity index (χ3v) is 3.05. The molecule has 0 spiro atoms. The van der Waals surface area contributed by atoms with Gasteiger partial charge in [0, 0.05) is 12.2 Å². The minimum atomic E-state index is -4.32. The molecule has 0 radical (unpaired) electrons. The van der Waals surface area contributed by atoms with Crippen molar-refractivity contribution in [1.29, 1.82) is 0 Å². The Kier molecular flexibility index (Phi) is 4.31. The fourth-order valence-electron chi connectivity index (χ4n) is 1.93. The van der Waals surface area contributed by atoms with Gasteiger partial charge < -0.3 is 14.8 Å². The zero-order valence-corrected chi connectivity index (χ0v) is 10.6. The number of ether oxygens (including phenoxy) is 2. The largest absolute Gasteiger partial charge is 0.416 e. The molecular weight excluding hydrogens is 259 g/mol. The van der Waals surface area contributed by atoms with Gasteiger partial charge in [0.15, 0.2) is 0 Å². The molecule has 1 aliphatic heterocycles. The first kappa shape index (κ1) is 14.1. The van der Waals surface area contributed by atoms with E-state index in [-0.39, 0.29) is 18.5 Å². The highest BCUT2D eigenvalue weighted by atomic mass is 19.4. The van der Waals surface area contributed by atoms with Crippen LogP contribution in [0.2, 0.25) is 0 Å². The Morgan fingerprint density at radius 2 is 2.16 bits per heavy atom. The zero-order valence-electron chi connectivity index (χ0n) is 10.6. The molecule has 1 saturated heterocycles. The van der Waals surface area contributed by atoms with Crippen molar-refractivity contribution in [2.45, 2.75) is 25.6 Å². The number of benzene rings is 1. The van der Waals surface area contributed by atoms with Gasteiger partial charge in [0.1, 0.15) is 6.79 Å². The highest BCUT2D eigenvalue weighted by Gasteiger charge is 2.32. The second-order valence-corrected chi connectivity index (χ2v) is 4.51. The molecule has 1 aliphatic rings. The van der Waals surface area contributed by atoms with Gasteiger partial charge in [-0.2, -0.15) is 13.2 Å². The second-order valence-electron chi connectivity index (χ2n) is 4.51. The van der Waals surface area contributed by atoms with Crippen LogP contribution in [0.3, 0.4) is 0 Å². The third-order valence-electron chi connectivity index (χ3n) is 3.05. The Balaban J connectivity index is 2.00. The number of halogens is 3. The summed E-state index contributed by atoms with van der Waals surface area (Å²) in [6.07, 6.45) is -3.61. The van der Waals surface area contributed by atoms with E-state index in [1.807, 2.05) is 0 Å². The number of hydrogen-bond donors (Lipinski definition) is 1. The summed E-state index contributed by atoms with van der Waals surface area (Å²) < 4.78 is 48.6. The smallest absolute Gasteiger partial charge is 0.382 e. The summed E-state index contributed by atoms with van der Waals surface area (Å²) >= 11 is 0. The lowest BCUT2D eigenvalue weighted by atomic mass is 10.1. The molecule has 0 amide bonds. The standard InChI is InChI=1S/C13H16F3NO2/c1-9-2-3-10(6-12(9)13(14,15)16)17-7-11-4-5-18-8-19-11/h2-3,6,11,17H,4-5,7-8H2,1H3. The molecule has 1 unspecified atom stereocenters. The predicted octanol–water partition coefficient (Wildman–Crippen LogP) is 3.19. The summed E-state index contributed by atoms with van der Waals surface area (Å²) in [5.41, 5.74) is 0.0683. The van der Waals surface area contributed by atoms with Gasteiger partial charge in [-0.1, -0.05) is 6.07 Å². The monoisotopic (exact) mass is 275 g/mol. The van der Waals surface area contributed by atoms with Gasteiger partial charge in [-0.15, -0.1) is 0 Å². The van der Waals surface area contributed by atoms with Crippen molar-refractivity contribution in [1.82, 2.24) is 0 Å². The Morgan fingerprint density at radius 3 is 2.79 bits per heavy atom. The lowest BCUT2D eigenvalue weighted by Gasteiger charge is -2.23. The summed E-state index contributed by atoms with van der Waals surface area (Å²) in [6, 6.07) is 4.24. The molecule has 0 aliphatic carbocycles. The molecule has 6 heteroatoms. The summed E-state index contributed by atoms with van der Waals surface area (Å²) in [4.78, 5) is 0. The molecule has 106 valence electrons. The van der Waals surface area contributed by atoms with E-state index in [9.17, 15) is 13.2 Å². The predicted molar refractivity (Wildman–Crippen MR) is 65.0 cm³/mol. The van der Waals surface area contributed by atoms with Crippen LogP contribution in [0, 0.1) is 6.92 Å². The van der Waals surface area contributed by atoms with Crippen LogP contribution in [0.4, 0.5) is 18.9 Å². The van der Waals surface area contributed by atoms with Crippen molar-refractivity contribution < 1.29 is 22.6 Å². The summed E-state index contributed by atoms with van der Waals surface area (Å²) in [5.74, 6) is 0. The fraction of sp³-hybridized carbons (Fsp3) is 0.538. The van der Waals surface area contributed by atoms with E-state index < -0.39 is 11.7 Å². The molecule has 1 aromatic carbocycles. The Labute approximate surface area is 109 Å². The van der Waals surface area contributed by atoms with Crippen LogP contribution < -0.4 is 5.32 Å². The number of nitrogens with one attached hydrogen (secondary N) is 1. The van der Waals surface area contributed by atoms with E-state index in [0.29, 0.717) is 18.8 Å². The van der Waals surface area contributed by atoms with Crippen LogP contribution in [-0.2, 0) is 15.7 Å². The molecule has 1 fully saturated rings. The first-order valence-electron chi connectivity index (χ1n) is 6.08. The van der Waals surface area contributed by atoms with Crippen molar-refractivity contribution in [3.63, 3.8) is 0 Å². The van der Waals surface area contributed by atoms with Gasteiger partial charge >= 0.3 is 6.18 Å². The van der Waals surface area contributed by atoms with Crippen molar-refractivity contribution in [2.24, 2.45) is 0 Å². The molecule has 2 rings (SSSR count). The average molecular weight is 275 g/mol. The molecule has 1 N–H and O–H groups in total. The highest BCUT2D eigenvalue weighted by molar-refractivity contribution is 5.49. The lowest BCUT2D eigenvalue weighted by Crippen LogP contribution is -2.30. The molecule has 1 aromatic rings. The van der Waals surface area contributed by atoms with Gasteiger partial charge in [-0.05, 0) is 31.0 Å². The topological polar surface area (TPSA) is 30.5 Å². The molecular formula is C13H16F3NO2. The molecule has 0 saturated carbocycles. The first-order valence-corrected chi connectivity index (χ1v) is 6.08. The second kappa shape index (κ2) is 5.79. The molecule has 0 bridgehead atoms. The first-order chi connectivity index (χ1) is 8.97. The molecule has 19 heavy (non-hydrogen) atoms. The Bertz CT molecular complexity index is 428. The highest BCUT2D eigenvalue weighted by Crippen LogP contribution is 2.33. The third kappa shape index (κ3) is 3.84. The van der Waals surface area contributed by atoms with Gasteiger partial charge in [0.25, 0.3) is 0 Å². The SMILES string of the molecule is Cc1ccc(NCC2CCOCO2)cc1C(F)(F)F. The van der Waals surface area contributed by atoms with Crippen LogP contribution >= 0.6 is 0 Å². The molecule has 1 heterocycles. The normalized spacial score (nSPS) is 20.3. The van der Waals surface area contributed by atoms with E-state index in [4.69, 9.17) is 9.47 Å². The maximum absolute atomic E-state index is 12.8. The van der Waals surface area contributed by atoms with Gasteiger partial charge in [0.2, 0.25) is 0 Å². The van der Waals surface area contributed by atoms with Crippen LogP contribution in [0.1, 0.15) is 17.5 Å². The van der Waals surface area contributed by atoms with E-state index >= 15 is 0 Å². The fourth-order valence-corrected chi connectivity index (χ4v) is 1.93. The summed E-state index contributed by atoms with van der Waals surface area (Å²) in [7, 11) is 0. The van der Waals surface area contributed by atoms with Crippen LogP contribution in [0.15, 0.2) is 18.2 Å². The zero-order chi connectivity index (χ0) is 13.9.